The molecule has 0 spiro atoms. The normalized spacial score (nSPS) is 10.5. The molecule has 0 aliphatic carbocycles. The van der Waals surface area contributed by atoms with Crippen molar-refractivity contribution in [1.82, 2.24) is 0 Å². The van der Waals surface area contributed by atoms with Crippen LogP contribution in [0, 0.1) is 0 Å². The lowest BCUT2D eigenvalue weighted by Gasteiger charge is -2.12. The van der Waals surface area contributed by atoms with Crippen molar-refractivity contribution in [3.05, 3.63) is 58.3 Å². The van der Waals surface area contributed by atoms with E-state index in [1.165, 1.54) is 21.3 Å². The second-order valence-corrected chi connectivity index (χ2v) is 5.19. The molecule has 0 amide bonds. The third-order valence-electron chi connectivity index (χ3n) is 3.83. The second-order valence-electron chi connectivity index (χ2n) is 5.19. The van der Waals surface area contributed by atoms with E-state index >= 15 is 0 Å². The van der Waals surface area contributed by atoms with Crippen LogP contribution in [-0.2, 0) is 4.74 Å². The molecule has 1 aromatic heterocycles. The number of methoxy groups -OCH3 is 3. The third-order valence-corrected chi connectivity index (χ3v) is 3.83. The van der Waals surface area contributed by atoms with Crippen LogP contribution < -0.4 is 14.9 Å². The summed E-state index contributed by atoms with van der Waals surface area (Å²) < 4.78 is 21.1. The first-order valence-electron chi connectivity index (χ1n) is 7.47. The zero-order valence-corrected chi connectivity index (χ0v) is 14.0. The zero-order chi connectivity index (χ0) is 18.0. The molecule has 0 unspecified atom stereocenters. The number of hydrogen-bond acceptors (Lipinski definition) is 6. The molecule has 6 nitrogen and oxygen atoms in total. The van der Waals surface area contributed by atoms with Crippen LogP contribution >= 0.6 is 0 Å². The molecule has 128 valence electrons. The molecule has 0 atom stereocenters. The molecule has 0 saturated carbocycles. The molecule has 0 N–H and O–H groups in total. The molecular weight excluding hydrogens is 324 g/mol. The maximum atomic E-state index is 12.8. The van der Waals surface area contributed by atoms with Crippen molar-refractivity contribution in [2.24, 2.45) is 0 Å². The Bertz CT molecular complexity index is 1000. The molecule has 2 aromatic carbocycles. The molecule has 0 aliphatic heterocycles. The summed E-state index contributed by atoms with van der Waals surface area (Å²) in [6.07, 6.45) is 0. The summed E-state index contributed by atoms with van der Waals surface area (Å²) in [5.41, 5.74) is 0.276. The Balaban J connectivity index is 2.35. The Labute approximate surface area is 143 Å². The monoisotopic (exact) mass is 340 g/mol. The molecule has 1 heterocycles. The van der Waals surface area contributed by atoms with Crippen molar-refractivity contribution in [3.8, 4) is 22.8 Å². The van der Waals surface area contributed by atoms with Crippen molar-refractivity contribution >= 4 is 16.9 Å². The van der Waals surface area contributed by atoms with Crippen LogP contribution in [0.3, 0.4) is 0 Å². The lowest BCUT2D eigenvalue weighted by atomic mass is 10.0. The average Bonchev–Trinajstić information content (AvgIpc) is 2.66. The van der Waals surface area contributed by atoms with Gasteiger partial charge in [-0.3, -0.25) is 4.79 Å². The highest BCUT2D eigenvalue weighted by atomic mass is 16.5. The lowest BCUT2D eigenvalue weighted by Crippen LogP contribution is -2.18. The van der Waals surface area contributed by atoms with Gasteiger partial charge in [0.05, 0.1) is 26.7 Å². The molecule has 0 fully saturated rings. The van der Waals surface area contributed by atoms with Gasteiger partial charge in [-0.05, 0) is 30.3 Å². The van der Waals surface area contributed by atoms with Crippen LogP contribution in [0.4, 0.5) is 0 Å². The fourth-order valence-electron chi connectivity index (χ4n) is 2.61. The highest BCUT2D eigenvalue weighted by Gasteiger charge is 2.23. The highest BCUT2D eigenvalue weighted by molar-refractivity contribution is 5.99. The van der Waals surface area contributed by atoms with E-state index < -0.39 is 11.4 Å². The first-order chi connectivity index (χ1) is 12.1. The van der Waals surface area contributed by atoms with Gasteiger partial charge in [0, 0.05) is 5.56 Å². The van der Waals surface area contributed by atoms with Crippen LogP contribution in [0.5, 0.6) is 11.5 Å². The summed E-state index contributed by atoms with van der Waals surface area (Å²) >= 11 is 0. The second kappa shape index (κ2) is 6.68. The predicted molar refractivity (Wildman–Crippen MR) is 92.4 cm³/mol. The quantitative estimate of drug-likeness (QED) is 0.679. The predicted octanol–water partition coefficient (Wildman–Crippen LogP) is 3.26. The van der Waals surface area contributed by atoms with E-state index in [1.807, 2.05) is 0 Å². The summed E-state index contributed by atoms with van der Waals surface area (Å²) in [7, 11) is 4.24. The van der Waals surface area contributed by atoms with Gasteiger partial charge in [-0.2, -0.15) is 0 Å². The fourth-order valence-corrected chi connectivity index (χ4v) is 2.61. The maximum absolute atomic E-state index is 12.8. The zero-order valence-electron chi connectivity index (χ0n) is 14.0. The molecule has 6 heteroatoms. The van der Waals surface area contributed by atoms with Gasteiger partial charge >= 0.3 is 5.97 Å². The molecule has 0 bridgehead atoms. The molecular formula is C19H16O6. The van der Waals surface area contributed by atoms with Gasteiger partial charge in [0.2, 0.25) is 5.43 Å². The van der Waals surface area contributed by atoms with Gasteiger partial charge in [-0.1, -0.05) is 12.1 Å². The number of esters is 1. The minimum atomic E-state index is -0.760. The number of benzene rings is 2. The van der Waals surface area contributed by atoms with E-state index in [9.17, 15) is 9.59 Å². The maximum Gasteiger partial charge on any atom is 0.345 e. The third kappa shape index (κ3) is 2.82. The number of rotatable bonds is 4. The number of fused-ring (bicyclic) bond motifs is 1. The standard InChI is InChI=1S/C19H16O6/c1-22-14-9-8-11(10-15(14)23-2)18-16(19(21)24-3)17(20)12-6-4-5-7-13(12)25-18/h4-10H,1-3H3. The van der Waals surface area contributed by atoms with Crippen molar-refractivity contribution in [3.63, 3.8) is 0 Å². The first kappa shape index (κ1) is 16.6. The SMILES string of the molecule is COC(=O)c1c(-c2ccc(OC)c(OC)c2)oc2ccccc2c1=O. The summed E-state index contributed by atoms with van der Waals surface area (Å²) in [6.45, 7) is 0. The summed E-state index contributed by atoms with van der Waals surface area (Å²) in [4.78, 5) is 25.0. The van der Waals surface area contributed by atoms with Crippen LogP contribution in [0.15, 0.2) is 51.7 Å². The Hall–Kier alpha value is -3.28. The number of para-hydroxylation sites is 1. The summed E-state index contributed by atoms with van der Waals surface area (Å²) in [5, 5.41) is 0.312. The van der Waals surface area contributed by atoms with Gasteiger partial charge in [-0.15, -0.1) is 0 Å². The Morgan fingerprint density at radius 3 is 2.36 bits per heavy atom. The number of carbonyl (C=O) groups excluding carboxylic acids is 1. The van der Waals surface area contributed by atoms with Crippen LogP contribution in [-0.4, -0.2) is 27.3 Å². The molecule has 3 rings (SSSR count). The number of carbonyl (C=O) groups is 1. The highest BCUT2D eigenvalue weighted by Crippen LogP contribution is 2.34. The Kier molecular flexibility index (Phi) is 4.43. The van der Waals surface area contributed by atoms with Gasteiger partial charge in [0.15, 0.2) is 22.8 Å². The molecule has 25 heavy (non-hydrogen) atoms. The van der Waals surface area contributed by atoms with Crippen LogP contribution in [0.1, 0.15) is 10.4 Å². The van der Waals surface area contributed by atoms with E-state index in [4.69, 9.17) is 18.6 Å². The Morgan fingerprint density at radius 2 is 1.68 bits per heavy atom. The molecule has 0 aliphatic rings. The number of ether oxygens (including phenoxy) is 3. The minimum absolute atomic E-state index is 0.122. The average molecular weight is 340 g/mol. The molecule has 0 saturated heterocycles. The summed E-state index contributed by atoms with van der Waals surface area (Å²) in [6, 6.07) is 11.7. The smallest absolute Gasteiger partial charge is 0.345 e. The Morgan fingerprint density at radius 1 is 0.960 bits per heavy atom. The van der Waals surface area contributed by atoms with Crippen molar-refractivity contribution in [2.75, 3.05) is 21.3 Å². The van der Waals surface area contributed by atoms with E-state index in [1.54, 1.807) is 42.5 Å². The van der Waals surface area contributed by atoms with E-state index in [2.05, 4.69) is 0 Å². The summed E-state index contributed by atoms with van der Waals surface area (Å²) in [5.74, 6) is 0.335. The topological polar surface area (TPSA) is 75.0 Å². The van der Waals surface area contributed by atoms with Gasteiger partial charge < -0.3 is 18.6 Å². The van der Waals surface area contributed by atoms with Gasteiger partial charge in [0.25, 0.3) is 0 Å². The van der Waals surface area contributed by atoms with E-state index in [0.29, 0.717) is 28.0 Å². The number of hydrogen-bond donors (Lipinski definition) is 0. The lowest BCUT2D eigenvalue weighted by molar-refractivity contribution is 0.0598. The van der Waals surface area contributed by atoms with E-state index in [-0.39, 0.29) is 11.3 Å². The van der Waals surface area contributed by atoms with Crippen LogP contribution in [0.2, 0.25) is 0 Å². The first-order valence-corrected chi connectivity index (χ1v) is 7.47. The van der Waals surface area contributed by atoms with E-state index in [0.717, 1.165) is 0 Å². The van der Waals surface area contributed by atoms with Crippen LogP contribution in [0.25, 0.3) is 22.3 Å². The van der Waals surface area contributed by atoms with Gasteiger partial charge in [0.1, 0.15) is 5.58 Å². The van der Waals surface area contributed by atoms with Crippen molar-refractivity contribution < 1.29 is 23.4 Å². The fraction of sp³-hybridized carbons (Fsp3) is 0.158. The van der Waals surface area contributed by atoms with Crippen molar-refractivity contribution in [2.45, 2.75) is 0 Å². The molecule has 3 aromatic rings. The minimum Gasteiger partial charge on any atom is -0.493 e. The molecule has 0 radical (unpaired) electrons. The van der Waals surface area contributed by atoms with Crippen molar-refractivity contribution in [1.29, 1.82) is 0 Å². The largest absolute Gasteiger partial charge is 0.493 e. The van der Waals surface area contributed by atoms with Gasteiger partial charge in [-0.25, -0.2) is 4.79 Å².